The number of halogens is 1. The second-order valence-electron chi connectivity index (χ2n) is 7.88. The summed E-state index contributed by atoms with van der Waals surface area (Å²) in [6.45, 7) is 2.56. The van der Waals surface area contributed by atoms with Crippen molar-refractivity contribution in [2.45, 2.75) is 45.1 Å². The highest BCUT2D eigenvalue weighted by Gasteiger charge is 2.32. The topological polar surface area (TPSA) is 86.6 Å². The van der Waals surface area contributed by atoms with E-state index in [4.69, 9.17) is 9.97 Å². The number of aromatic nitrogens is 2. The minimum atomic E-state index is -0.512. The monoisotopic (exact) mass is 412 g/mol. The number of benzene rings is 1. The van der Waals surface area contributed by atoms with Gasteiger partial charge in [0.2, 0.25) is 11.8 Å². The van der Waals surface area contributed by atoms with E-state index in [-0.39, 0.29) is 30.1 Å². The highest BCUT2D eigenvalue weighted by Crippen LogP contribution is 2.33. The number of amides is 2. The lowest BCUT2D eigenvalue weighted by Gasteiger charge is -2.33. The molecule has 2 amide bonds. The van der Waals surface area contributed by atoms with E-state index in [1.807, 2.05) is 6.92 Å². The third kappa shape index (κ3) is 3.92. The zero-order chi connectivity index (χ0) is 21.3. The highest BCUT2D eigenvalue weighted by molar-refractivity contribution is 5.95. The Bertz CT molecular complexity index is 981. The van der Waals surface area contributed by atoms with E-state index in [0.717, 1.165) is 24.1 Å². The Balaban J connectivity index is 1.67. The van der Waals surface area contributed by atoms with Gasteiger partial charge in [-0.15, -0.1) is 0 Å². The molecule has 1 saturated heterocycles. The molecule has 2 aliphatic heterocycles. The van der Waals surface area contributed by atoms with Gasteiger partial charge in [0.25, 0.3) is 0 Å². The molecular weight excluding hydrogens is 387 g/mol. The number of anilines is 1. The van der Waals surface area contributed by atoms with E-state index in [1.54, 1.807) is 28.0 Å². The van der Waals surface area contributed by atoms with Gasteiger partial charge in [-0.3, -0.25) is 14.5 Å². The Kier molecular flexibility index (Phi) is 5.76. The molecule has 7 nitrogen and oxygen atoms in total. The predicted octanol–water partition coefficient (Wildman–Crippen LogP) is 2.10. The fourth-order valence-electron chi connectivity index (χ4n) is 4.26. The molecule has 3 heterocycles. The van der Waals surface area contributed by atoms with Crippen LogP contribution in [0.25, 0.3) is 0 Å². The van der Waals surface area contributed by atoms with E-state index >= 15 is 0 Å². The molecule has 1 N–H and O–H groups in total. The number of aliphatic hydroxyl groups is 1. The fourth-order valence-corrected chi connectivity index (χ4v) is 4.26. The highest BCUT2D eigenvalue weighted by atomic mass is 19.1. The quantitative estimate of drug-likeness (QED) is 0.831. The molecule has 0 saturated carbocycles. The van der Waals surface area contributed by atoms with Crippen molar-refractivity contribution in [2.24, 2.45) is 0 Å². The third-order valence-electron chi connectivity index (χ3n) is 5.92. The Morgan fingerprint density at radius 2 is 2.07 bits per heavy atom. The lowest BCUT2D eigenvalue weighted by atomic mass is 9.95. The molecule has 0 radical (unpaired) electrons. The van der Waals surface area contributed by atoms with Crippen LogP contribution in [0.4, 0.5) is 10.2 Å². The van der Waals surface area contributed by atoms with Crippen molar-refractivity contribution >= 4 is 17.6 Å². The van der Waals surface area contributed by atoms with Crippen LogP contribution in [-0.2, 0) is 22.6 Å². The molecule has 0 aliphatic carbocycles. The van der Waals surface area contributed by atoms with E-state index in [1.165, 1.54) is 6.07 Å². The molecular formula is C22H25FN4O3. The maximum absolute atomic E-state index is 14.2. The van der Waals surface area contributed by atoms with Gasteiger partial charge in [-0.25, -0.2) is 14.4 Å². The van der Waals surface area contributed by atoms with Gasteiger partial charge in [0, 0.05) is 42.2 Å². The largest absolute Gasteiger partial charge is 0.387 e. The van der Waals surface area contributed by atoms with E-state index in [0.29, 0.717) is 43.1 Å². The first-order valence-electron chi connectivity index (χ1n) is 10.3. The Hall–Kier alpha value is -2.87. The van der Waals surface area contributed by atoms with Gasteiger partial charge in [0.1, 0.15) is 24.1 Å². The van der Waals surface area contributed by atoms with Crippen LogP contribution in [0.2, 0.25) is 0 Å². The Morgan fingerprint density at radius 3 is 2.83 bits per heavy atom. The van der Waals surface area contributed by atoms with Crippen molar-refractivity contribution in [3.05, 3.63) is 52.7 Å². The first kappa shape index (κ1) is 20.4. The van der Waals surface area contributed by atoms with E-state index in [9.17, 15) is 19.1 Å². The number of carbonyl (C=O) groups is 2. The number of carbonyl (C=O) groups excluding carboxylic acids is 2. The number of fused-ring (bicyclic) bond motifs is 1. The Morgan fingerprint density at radius 1 is 1.27 bits per heavy atom. The molecule has 2 aliphatic rings. The average Bonchev–Trinajstić information content (AvgIpc) is 2.76. The average molecular weight is 412 g/mol. The van der Waals surface area contributed by atoms with Gasteiger partial charge < -0.3 is 10.0 Å². The van der Waals surface area contributed by atoms with Crippen LogP contribution < -0.4 is 4.90 Å². The predicted molar refractivity (Wildman–Crippen MR) is 108 cm³/mol. The SMILES string of the molecule is Cc1nc([C@H]2CCCN(C(=O)CO)C2)nc2c1CCC(=O)N2Cc1ccccc1F. The van der Waals surface area contributed by atoms with E-state index < -0.39 is 6.61 Å². The molecule has 0 bridgehead atoms. The number of nitrogens with zero attached hydrogens (tertiary/aromatic N) is 4. The third-order valence-corrected chi connectivity index (χ3v) is 5.92. The number of hydrogen-bond acceptors (Lipinski definition) is 5. The van der Waals surface area contributed by atoms with Gasteiger partial charge in [-0.05, 0) is 32.3 Å². The number of piperidine rings is 1. The van der Waals surface area contributed by atoms with Crippen LogP contribution in [-0.4, -0.2) is 51.5 Å². The molecule has 158 valence electrons. The minimum Gasteiger partial charge on any atom is -0.387 e. The van der Waals surface area contributed by atoms with Gasteiger partial charge in [0.15, 0.2) is 0 Å². The summed E-state index contributed by atoms with van der Waals surface area (Å²) >= 11 is 0. The van der Waals surface area contributed by atoms with Crippen molar-refractivity contribution in [1.82, 2.24) is 14.9 Å². The smallest absolute Gasteiger partial charge is 0.248 e. The van der Waals surface area contributed by atoms with Crippen LogP contribution in [0.15, 0.2) is 24.3 Å². The van der Waals surface area contributed by atoms with Crippen LogP contribution in [0.3, 0.4) is 0 Å². The summed E-state index contributed by atoms with van der Waals surface area (Å²) in [6.07, 6.45) is 2.53. The summed E-state index contributed by atoms with van der Waals surface area (Å²) in [6, 6.07) is 6.43. The zero-order valence-corrected chi connectivity index (χ0v) is 17.0. The van der Waals surface area contributed by atoms with Crippen LogP contribution in [0.1, 0.15) is 47.8 Å². The summed E-state index contributed by atoms with van der Waals surface area (Å²) in [5.74, 6) is 0.332. The first-order chi connectivity index (χ1) is 14.5. The second-order valence-corrected chi connectivity index (χ2v) is 7.88. The molecule has 4 rings (SSSR count). The summed E-state index contributed by atoms with van der Waals surface area (Å²) < 4.78 is 14.2. The molecule has 1 aromatic carbocycles. The molecule has 8 heteroatoms. The molecule has 30 heavy (non-hydrogen) atoms. The van der Waals surface area contributed by atoms with Gasteiger partial charge in [-0.1, -0.05) is 18.2 Å². The van der Waals surface area contributed by atoms with Crippen LogP contribution >= 0.6 is 0 Å². The number of likely N-dealkylation sites (tertiary alicyclic amines) is 1. The van der Waals surface area contributed by atoms with Gasteiger partial charge in [0.05, 0.1) is 6.54 Å². The second kappa shape index (κ2) is 8.47. The van der Waals surface area contributed by atoms with Crippen molar-refractivity contribution in [2.75, 3.05) is 24.6 Å². The Labute approximate surface area is 174 Å². The molecule has 0 unspecified atom stereocenters. The molecule has 1 aromatic heterocycles. The standard InChI is InChI=1S/C22H25FN4O3/c1-14-17-8-9-19(29)27(12-15-5-2-3-7-18(15)23)22(17)25-21(24-14)16-6-4-10-26(11-16)20(30)13-28/h2-3,5,7,16,28H,4,6,8-13H2,1H3/t16-/m0/s1. The molecule has 2 aromatic rings. The van der Waals surface area contributed by atoms with Gasteiger partial charge >= 0.3 is 0 Å². The van der Waals surface area contributed by atoms with Crippen molar-refractivity contribution < 1.29 is 19.1 Å². The van der Waals surface area contributed by atoms with Crippen molar-refractivity contribution in [3.63, 3.8) is 0 Å². The summed E-state index contributed by atoms with van der Waals surface area (Å²) in [5.41, 5.74) is 2.16. The van der Waals surface area contributed by atoms with Crippen LogP contribution in [0.5, 0.6) is 0 Å². The molecule has 1 fully saturated rings. The maximum atomic E-state index is 14.2. The fraction of sp³-hybridized carbons (Fsp3) is 0.455. The van der Waals surface area contributed by atoms with Crippen LogP contribution in [0, 0.1) is 12.7 Å². The first-order valence-corrected chi connectivity index (χ1v) is 10.3. The number of rotatable bonds is 4. The lowest BCUT2D eigenvalue weighted by molar-refractivity contribution is -0.135. The summed E-state index contributed by atoms with van der Waals surface area (Å²) in [7, 11) is 0. The number of aliphatic hydroxyl groups excluding tert-OH is 1. The number of aryl methyl sites for hydroxylation is 1. The van der Waals surface area contributed by atoms with Crippen molar-refractivity contribution in [3.8, 4) is 0 Å². The summed E-state index contributed by atoms with van der Waals surface area (Å²) in [4.78, 5) is 37.3. The zero-order valence-electron chi connectivity index (χ0n) is 17.0. The van der Waals surface area contributed by atoms with Crippen molar-refractivity contribution in [1.29, 1.82) is 0 Å². The normalized spacial score (nSPS) is 19.0. The maximum Gasteiger partial charge on any atom is 0.248 e. The minimum absolute atomic E-state index is 0.0643. The number of hydrogen-bond donors (Lipinski definition) is 1. The van der Waals surface area contributed by atoms with Gasteiger partial charge in [-0.2, -0.15) is 0 Å². The van der Waals surface area contributed by atoms with E-state index in [2.05, 4.69) is 0 Å². The lowest BCUT2D eigenvalue weighted by Crippen LogP contribution is -2.41. The summed E-state index contributed by atoms with van der Waals surface area (Å²) in [5, 5.41) is 9.18. The molecule has 1 atom stereocenters. The molecule has 0 spiro atoms.